The summed E-state index contributed by atoms with van der Waals surface area (Å²) >= 11 is 0. The van der Waals surface area contributed by atoms with Gasteiger partial charge in [-0.25, -0.2) is 0 Å². The van der Waals surface area contributed by atoms with Crippen LogP contribution in [0, 0.1) is 0 Å². The van der Waals surface area contributed by atoms with E-state index in [2.05, 4.69) is 15.6 Å². The van der Waals surface area contributed by atoms with Gasteiger partial charge < -0.3 is 29.6 Å². The summed E-state index contributed by atoms with van der Waals surface area (Å²) in [4.78, 5) is 4.26. The lowest BCUT2D eigenvalue weighted by Crippen LogP contribution is -2.30. The van der Waals surface area contributed by atoms with E-state index in [1.54, 1.807) is 28.4 Å². The Kier molecular flexibility index (Phi) is 7.61. The second kappa shape index (κ2) is 10.2. The largest absolute Gasteiger partial charge is 0.497 e. The van der Waals surface area contributed by atoms with Crippen molar-refractivity contribution in [2.24, 2.45) is 4.99 Å². The van der Waals surface area contributed by atoms with Crippen LogP contribution in [0.1, 0.15) is 12.5 Å². The molecule has 0 saturated heterocycles. The number of ether oxygens (including phenoxy) is 4. The van der Waals surface area contributed by atoms with Gasteiger partial charge in [-0.3, -0.25) is 4.99 Å². The van der Waals surface area contributed by atoms with Crippen LogP contribution in [0.5, 0.6) is 23.0 Å². The predicted octanol–water partition coefficient (Wildman–Crippen LogP) is 3.30. The van der Waals surface area contributed by atoms with Crippen molar-refractivity contribution in [2.45, 2.75) is 13.5 Å². The summed E-state index contributed by atoms with van der Waals surface area (Å²) in [5.41, 5.74) is 1.83. The molecule has 0 amide bonds. The van der Waals surface area contributed by atoms with Gasteiger partial charge in [-0.1, -0.05) is 0 Å². The Morgan fingerprint density at radius 3 is 2.33 bits per heavy atom. The fourth-order valence-electron chi connectivity index (χ4n) is 2.52. The van der Waals surface area contributed by atoms with Crippen molar-refractivity contribution in [3.63, 3.8) is 0 Å². The summed E-state index contributed by atoms with van der Waals surface area (Å²) in [5.74, 6) is 3.49. The smallest absolute Gasteiger partial charge is 0.195 e. The zero-order valence-electron chi connectivity index (χ0n) is 16.5. The van der Waals surface area contributed by atoms with Gasteiger partial charge in [0.15, 0.2) is 17.5 Å². The zero-order chi connectivity index (χ0) is 19.6. The van der Waals surface area contributed by atoms with E-state index in [4.69, 9.17) is 18.9 Å². The molecule has 7 heteroatoms. The molecule has 0 fully saturated rings. The average Bonchev–Trinajstić information content (AvgIpc) is 2.71. The lowest BCUT2D eigenvalue weighted by atomic mass is 10.2. The van der Waals surface area contributed by atoms with Gasteiger partial charge in [0.1, 0.15) is 11.5 Å². The van der Waals surface area contributed by atoms with Gasteiger partial charge in [0.05, 0.1) is 27.9 Å². The van der Waals surface area contributed by atoms with Crippen LogP contribution >= 0.6 is 0 Å². The predicted molar refractivity (Wildman–Crippen MR) is 108 cm³/mol. The van der Waals surface area contributed by atoms with Gasteiger partial charge in [0.25, 0.3) is 0 Å². The number of nitrogens with one attached hydrogen (secondary N) is 2. The molecule has 0 bridgehead atoms. The number of rotatable bonds is 8. The fraction of sp³-hybridized carbons (Fsp3) is 0.350. The summed E-state index contributed by atoms with van der Waals surface area (Å²) < 4.78 is 21.6. The van der Waals surface area contributed by atoms with Crippen LogP contribution in [0.3, 0.4) is 0 Å². The van der Waals surface area contributed by atoms with E-state index >= 15 is 0 Å². The summed E-state index contributed by atoms with van der Waals surface area (Å²) in [5, 5.41) is 6.52. The lowest BCUT2D eigenvalue weighted by Gasteiger charge is -2.16. The van der Waals surface area contributed by atoms with Gasteiger partial charge in [0, 0.05) is 37.0 Å². The standard InChI is InChI=1S/C20H27N3O4/c1-6-27-19-11-15(8-10-17(19)25-4)23-20(21-2)22-13-14-7-9-16(24-3)12-18(14)26-5/h7-12H,6,13H2,1-5H3,(H2,21,22,23). The summed E-state index contributed by atoms with van der Waals surface area (Å²) in [6.45, 7) is 3.04. The maximum atomic E-state index is 5.61. The van der Waals surface area contributed by atoms with Crippen LogP contribution < -0.4 is 29.6 Å². The third-order valence-electron chi connectivity index (χ3n) is 3.89. The van der Waals surface area contributed by atoms with Gasteiger partial charge in [0.2, 0.25) is 0 Å². The molecular formula is C20H27N3O4. The van der Waals surface area contributed by atoms with Crippen LogP contribution in [-0.4, -0.2) is 40.9 Å². The van der Waals surface area contributed by atoms with E-state index in [9.17, 15) is 0 Å². The number of nitrogens with zero attached hydrogens (tertiary/aromatic N) is 1. The number of hydrogen-bond acceptors (Lipinski definition) is 5. The molecule has 2 aromatic carbocycles. The molecule has 0 atom stereocenters. The molecule has 0 saturated carbocycles. The van der Waals surface area contributed by atoms with Crippen molar-refractivity contribution in [3.8, 4) is 23.0 Å². The number of guanidine groups is 1. The number of benzene rings is 2. The van der Waals surface area contributed by atoms with E-state index in [-0.39, 0.29) is 0 Å². The SMILES string of the molecule is CCOc1cc(NC(=NC)NCc2ccc(OC)cc2OC)ccc1OC. The summed E-state index contributed by atoms with van der Waals surface area (Å²) in [6, 6.07) is 11.3. The Labute approximate surface area is 160 Å². The van der Waals surface area contributed by atoms with E-state index in [1.807, 2.05) is 43.3 Å². The van der Waals surface area contributed by atoms with Crippen molar-refractivity contribution < 1.29 is 18.9 Å². The Hall–Kier alpha value is -3.09. The molecule has 0 unspecified atom stereocenters. The second-order valence-electron chi connectivity index (χ2n) is 5.53. The first-order chi connectivity index (χ1) is 13.1. The number of aliphatic imine (C=N–C) groups is 1. The third-order valence-corrected chi connectivity index (χ3v) is 3.89. The van der Waals surface area contributed by atoms with Crippen LogP contribution in [-0.2, 0) is 6.54 Å². The van der Waals surface area contributed by atoms with Crippen molar-refractivity contribution >= 4 is 11.6 Å². The molecule has 2 N–H and O–H groups in total. The highest BCUT2D eigenvalue weighted by molar-refractivity contribution is 5.93. The van der Waals surface area contributed by atoms with Crippen LogP contribution in [0.15, 0.2) is 41.4 Å². The topological polar surface area (TPSA) is 73.3 Å². The average molecular weight is 373 g/mol. The van der Waals surface area contributed by atoms with Gasteiger partial charge in [-0.15, -0.1) is 0 Å². The monoisotopic (exact) mass is 373 g/mol. The summed E-state index contributed by atoms with van der Waals surface area (Å²) in [6.07, 6.45) is 0. The highest BCUT2D eigenvalue weighted by atomic mass is 16.5. The highest BCUT2D eigenvalue weighted by Crippen LogP contribution is 2.30. The normalized spacial score (nSPS) is 10.9. The minimum atomic E-state index is 0.543. The Morgan fingerprint density at radius 2 is 1.70 bits per heavy atom. The maximum Gasteiger partial charge on any atom is 0.195 e. The molecule has 2 rings (SSSR count). The number of methoxy groups -OCH3 is 3. The first kappa shape index (κ1) is 20.2. The Balaban J connectivity index is 2.07. The Bertz CT molecular complexity index is 778. The number of anilines is 1. The van der Waals surface area contributed by atoms with Gasteiger partial charge in [-0.2, -0.15) is 0 Å². The van der Waals surface area contributed by atoms with Crippen molar-refractivity contribution in [2.75, 3.05) is 40.3 Å². The molecule has 146 valence electrons. The van der Waals surface area contributed by atoms with E-state index in [0.29, 0.717) is 30.6 Å². The van der Waals surface area contributed by atoms with Crippen LogP contribution in [0.4, 0.5) is 5.69 Å². The number of hydrogen-bond donors (Lipinski definition) is 2. The minimum absolute atomic E-state index is 0.543. The molecule has 0 aliphatic heterocycles. The van der Waals surface area contributed by atoms with Crippen LogP contribution in [0.2, 0.25) is 0 Å². The maximum absolute atomic E-state index is 5.61. The second-order valence-corrected chi connectivity index (χ2v) is 5.53. The molecule has 0 spiro atoms. The van der Waals surface area contributed by atoms with Crippen molar-refractivity contribution in [3.05, 3.63) is 42.0 Å². The van der Waals surface area contributed by atoms with Crippen LogP contribution in [0.25, 0.3) is 0 Å². The highest BCUT2D eigenvalue weighted by Gasteiger charge is 2.09. The molecule has 7 nitrogen and oxygen atoms in total. The van der Waals surface area contributed by atoms with Gasteiger partial charge in [-0.05, 0) is 31.2 Å². The first-order valence-electron chi connectivity index (χ1n) is 8.64. The van der Waals surface area contributed by atoms with E-state index < -0.39 is 0 Å². The molecule has 0 aliphatic carbocycles. The van der Waals surface area contributed by atoms with E-state index in [0.717, 1.165) is 22.7 Å². The first-order valence-corrected chi connectivity index (χ1v) is 8.64. The van der Waals surface area contributed by atoms with E-state index in [1.165, 1.54) is 0 Å². The molecule has 0 aromatic heterocycles. The Morgan fingerprint density at radius 1 is 0.926 bits per heavy atom. The van der Waals surface area contributed by atoms with Crippen molar-refractivity contribution in [1.82, 2.24) is 5.32 Å². The molecule has 27 heavy (non-hydrogen) atoms. The zero-order valence-corrected chi connectivity index (χ0v) is 16.5. The summed E-state index contributed by atoms with van der Waals surface area (Å²) in [7, 11) is 6.60. The third kappa shape index (κ3) is 5.44. The fourth-order valence-corrected chi connectivity index (χ4v) is 2.52. The van der Waals surface area contributed by atoms with Gasteiger partial charge >= 0.3 is 0 Å². The molecular weight excluding hydrogens is 346 g/mol. The lowest BCUT2D eigenvalue weighted by molar-refractivity contribution is 0.311. The molecule has 0 radical (unpaired) electrons. The molecule has 2 aromatic rings. The quantitative estimate of drug-likeness (QED) is 0.546. The molecule has 0 heterocycles. The minimum Gasteiger partial charge on any atom is -0.497 e. The van der Waals surface area contributed by atoms with Crippen molar-refractivity contribution in [1.29, 1.82) is 0 Å². The molecule has 0 aliphatic rings.